The molecule has 15 heavy (non-hydrogen) atoms. The summed E-state index contributed by atoms with van der Waals surface area (Å²) in [6, 6.07) is 6.57. The van der Waals surface area contributed by atoms with Crippen LogP contribution in [0.1, 0.15) is 17.5 Å². The van der Waals surface area contributed by atoms with E-state index in [0.29, 0.717) is 0 Å². The van der Waals surface area contributed by atoms with Gasteiger partial charge in [-0.1, -0.05) is 12.1 Å². The zero-order valence-corrected chi connectivity index (χ0v) is 9.43. The molecule has 80 valence electrons. The van der Waals surface area contributed by atoms with Crippen molar-refractivity contribution in [2.45, 2.75) is 13.3 Å². The van der Waals surface area contributed by atoms with Crippen molar-refractivity contribution >= 4 is 11.3 Å². The Bertz CT molecular complexity index is 380. The van der Waals surface area contributed by atoms with Crippen LogP contribution in [0.25, 0.3) is 5.57 Å². The minimum absolute atomic E-state index is 1.00. The lowest BCUT2D eigenvalue weighted by Crippen LogP contribution is -2.20. The number of hydrogen-bond donors (Lipinski definition) is 2. The first-order chi connectivity index (χ1) is 7.31. The molecule has 0 radical (unpaired) electrons. The van der Waals surface area contributed by atoms with Crippen LogP contribution in [0.2, 0.25) is 0 Å². The van der Waals surface area contributed by atoms with Crippen LogP contribution in [0, 0.1) is 6.92 Å². The number of rotatable bonds is 2. The Morgan fingerprint density at radius 3 is 2.80 bits per heavy atom. The van der Waals surface area contributed by atoms with Crippen LogP contribution in [-0.4, -0.2) is 20.1 Å². The fourth-order valence-electron chi connectivity index (χ4n) is 2.05. The van der Waals surface area contributed by atoms with Gasteiger partial charge in [-0.2, -0.15) is 0 Å². The topological polar surface area (TPSA) is 24.1 Å². The summed E-state index contributed by atoms with van der Waals surface area (Å²) in [5, 5.41) is 6.50. The van der Waals surface area contributed by atoms with E-state index >= 15 is 0 Å². The third-order valence-corrected chi connectivity index (χ3v) is 2.92. The van der Waals surface area contributed by atoms with Crippen LogP contribution in [-0.2, 0) is 0 Å². The van der Waals surface area contributed by atoms with Gasteiger partial charge in [0.2, 0.25) is 0 Å². The molecule has 1 heterocycles. The first-order valence-corrected chi connectivity index (χ1v) is 5.50. The van der Waals surface area contributed by atoms with Crippen molar-refractivity contribution in [1.82, 2.24) is 5.32 Å². The van der Waals surface area contributed by atoms with E-state index in [1.54, 1.807) is 0 Å². The minimum atomic E-state index is 1.00. The van der Waals surface area contributed by atoms with Gasteiger partial charge in [0.15, 0.2) is 0 Å². The molecule has 1 aromatic carbocycles. The fourth-order valence-corrected chi connectivity index (χ4v) is 2.05. The molecular weight excluding hydrogens is 184 g/mol. The number of nitrogens with one attached hydrogen (secondary N) is 2. The van der Waals surface area contributed by atoms with Gasteiger partial charge in [0.1, 0.15) is 0 Å². The van der Waals surface area contributed by atoms with E-state index in [1.165, 1.54) is 22.4 Å². The zero-order valence-electron chi connectivity index (χ0n) is 9.43. The van der Waals surface area contributed by atoms with Crippen LogP contribution in [0.5, 0.6) is 0 Å². The maximum atomic E-state index is 3.34. The summed E-state index contributed by atoms with van der Waals surface area (Å²) in [4.78, 5) is 0. The lowest BCUT2D eigenvalue weighted by atomic mass is 9.96. The number of benzene rings is 1. The predicted octanol–water partition coefficient (Wildman–Crippen LogP) is 2.41. The largest absolute Gasteiger partial charge is 0.388 e. The summed E-state index contributed by atoms with van der Waals surface area (Å²) in [6.45, 7) is 4.28. The van der Waals surface area contributed by atoms with E-state index in [-0.39, 0.29) is 0 Å². The van der Waals surface area contributed by atoms with Gasteiger partial charge in [0.25, 0.3) is 0 Å². The van der Waals surface area contributed by atoms with Crippen LogP contribution in [0.15, 0.2) is 24.3 Å². The van der Waals surface area contributed by atoms with Gasteiger partial charge >= 0.3 is 0 Å². The van der Waals surface area contributed by atoms with Crippen LogP contribution < -0.4 is 10.6 Å². The van der Waals surface area contributed by atoms with Crippen molar-refractivity contribution in [3.63, 3.8) is 0 Å². The minimum Gasteiger partial charge on any atom is -0.388 e. The van der Waals surface area contributed by atoms with Gasteiger partial charge in [-0.05, 0) is 48.7 Å². The summed E-state index contributed by atoms with van der Waals surface area (Å²) in [5.41, 5.74) is 5.42. The Balaban J connectivity index is 2.32. The average Bonchev–Trinajstić information content (AvgIpc) is 2.30. The highest BCUT2D eigenvalue weighted by Crippen LogP contribution is 2.25. The molecule has 0 saturated heterocycles. The first kappa shape index (κ1) is 10.2. The molecular formula is C13H18N2. The maximum Gasteiger partial charge on any atom is 0.0340 e. The summed E-state index contributed by atoms with van der Waals surface area (Å²) in [7, 11) is 1.96. The number of hydrogen-bond acceptors (Lipinski definition) is 2. The second kappa shape index (κ2) is 4.49. The molecule has 1 aliphatic heterocycles. The molecule has 0 amide bonds. The van der Waals surface area contributed by atoms with Crippen LogP contribution >= 0.6 is 0 Å². The van der Waals surface area contributed by atoms with Crippen molar-refractivity contribution < 1.29 is 0 Å². The molecule has 0 aliphatic carbocycles. The van der Waals surface area contributed by atoms with Gasteiger partial charge in [-0.3, -0.25) is 0 Å². The summed E-state index contributed by atoms with van der Waals surface area (Å²) in [5.74, 6) is 0. The Morgan fingerprint density at radius 2 is 2.20 bits per heavy atom. The Kier molecular flexibility index (Phi) is 3.07. The fraction of sp³-hybridized carbons (Fsp3) is 0.385. The molecule has 0 spiro atoms. The molecule has 2 N–H and O–H groups in total. The van der Waals surface area contributed by atoms with Crippen molar-refractivity contribution in [1.29, 1.82) is 0 Å². The summed E-state index contributed by atoms with van der Waals surface area (Å²) >= 11 is 0. The molecule has 2 heteroatoms. The monoisotopic (exact) mass is 202 g/mol. The van der Waals surface area contributed by atoms with Crippen LogP contribution in [0.3, 0.4) is 0 Å². The highest BCUT2D eigenvalue weighted by atomic mass is 14.8. The second-order valence-corrected chi connectivity index (χ2v) is 3.96. The van der Waals surface area contributed by atoms with Crippen molar-refractivity contribution in [3.05, 3.63) is 35.4 Å². The number of aryl methyl sites for hydroxylation is 1. The molecule has 1 aliphatic rings. The third kappa shape index (κ3) is 2.21. The molecule has 2 nitrogen and oxygen atoms in total. The van der Waals surface area contributed by atoms with Crippen molar-refractivity contribution in [2.75, 3.05) is 25.5 Å². The van der Waals surface area contributed by atoms with Gasteiger partial charge in [0, 0.05) is 19.3 Å². The summed E-state index contributed by atoms with van der Waals surface area (Å²) < 4.78 is 0. The zero-order chi connectivity index (χ0) is 10.7. The Hall–Kier alpha value is -1.28. The van der Waals surface area contributed by atoms with Gasteiger partial charge in [-0.25, -0.2) is 0 Å². The molecule has 0 fully saturated rings. The predicted molar refractivity (Wildman–Crippen MR) is 66.2 cm³/mol. The molecule has 0 saturated carbocycles. The van der Waals surface area contributed by atoms with E-state index in [4.69, 9.17) is 0 Å². The molecule has 2 rings (SSSR count). The summed E-state index contributed by atoms with van der Waals surface area (Å²) in [6.07, 6.45) is 3.44. The molecule has 1 aromatic rings. The molecule has 0 unspecified atom stereocenters. The standard InChI is InChI=1S/C13H18N2/c1-10-9-12(14-2)3-4-13(10)11-5-7-15-8-6-11/h3-5,9,14-15H,6-8H2,1-2H3. The molecule has 0 atom stereocenters. The van der Waals surface area contributed by atoms with Gasteiger partial charge < -0.3 is 10.6 Å². The lowest BCUT2D eigenvalue weighted by Gasteiger charge is -2.16. The maximum absolute atomic E-state index is 3.34. The SMILES string of the molecule is CNc1ccc(C2=CCNCC2)c(C)c1. The van der Waals surface area contributed by atoms with E-state index in [1.807, 2.05) is 7.05 Å². The van der Waals surface area contributed by atoms with E-state index in [2.05, 4.69) is 41.8 Å². The third-order valence-electron chi connectivity index (χ3n) is 2.92. The first-order valence-electron chi connectivity index (χ1n) is 5.50. The quantitative estimate of drug-likeness (QED) is 0.769. The Labute approximate surface area is 91.4 Å². The van der Waals surface area contributed by atoms with Crippen molar-refractivity contribution in [2.24, 2.45) is 0 Å². The highest BCUT2D eigenvalue weighted by molar-refractivity contribution is 5.71. The van der Waals surface area contributed by atoms with E-state index in [9.17, 15) is 0 Å². The normalized spacial score (nSPS) is 16.0. The van der Waals surface area contributed by atoms with Crippen molar-refractivity contribution in [3.8, 4) is 0 Å². The molecule has 0 aromatic heterocycles. The highest BCUT2D eigenvalue weighted by Gasteiger charge is 2.08. The van der Waals surface area contributed by atoms with E-state index < -0.39 is 0 Å². The Morgan fingerprint density at radius 1 is 1.33 bits per heavy atom. The van der Waals surface area contributed by atoms with E-state index in [0.717, 1.165) is 19.5 Å². The molecule has 0 bridgehead atoms. The van der Waals surface area contributed by atoms with Crippen LogP contribution in [0.4, 0.5) is 5.69 Å². The smallest absolute Gasteiger partial charge is 0.0340 e. The van der Waals surface area contributed by atoms with Gasteiger partial charge in [-0.15, -0.1) is 0 Å². The lowest BCUT2D eigenvalue weighted by molar-refractivity contribution is 0.738. The number of anilines is 1. The second-order valence-electron chi connectivity index (χ2n) is 3.96. The average molecular weight is 202 g/mol. The van der Waals surface area contributed by atoms with Gasteiger partial charge in [0.05, 0.1) is 0 Å².